The van der Waals surface area contributed by atoms with Crippen LogP contribution in [-0.2, 0) is 18.9 Å². The van der Waals surface area contributed by atoms with E-state index in [0.717, 1.165) is 6.33 Å². The summed E-state index contributed by atoms with van der Waals surface area (Å²) < 4.78 is 88.8. The largest absolute Gasteiger partial charge is 0.497 e. The molecule has 0 aliphatic heterocycles. The number of anilines is 1. The first kappa shape index (κ1) is 28.6. The minimum absolute atomic E-state index is 0.0144. The predicted octanol–water partition coefficient (Wildman–Crippen LogP) is 6.69. The fraction of sp³-hybridized carbons (Fsp3) is 0.214. The van der Waals surface area contributed by atoms with Gasteiger partial charge in [0.15, 0.2) is 5.82 Å². The van der Waals surface area contributed by atoms with Gasteiger partial charge in [0.05, 0.1) is 35.5 Å². The third-order valence-corrected chi connectivity index (χ3v) is 6.50. The molecule has 0 N–H and O–H groups in total. The quantitative estimate of drug-likeness (QED) is 0.195. The Morgan fingerprint density at radius 2 is 1.50 bits per heavy atom. The third-order valence-electron chi connectivity index (χ3n) is 6.50. The molecule has 5 aromatic rings. The fourth-order valence-corrected chi connectivity index (χ4v) is 4.48. The SMILES string of the molecule is COc1ccc(CN(c2ncnc3c(C(F)(F)F)cc(C(F)(F)F)cc23)C(C)c2nccnc2-c2ncccn2)cc1. The number of hydrogen-bond acceptors (Lipinski definition) is 8. The molecule has 1 atom stereocenters. The number of ether oxygens (including phenoxy) is 1. The van der Waals surface area contributed by atoms with E-state index in [1.807, 2.05) is 0 Å². The lowest BCUT2D eigenvalue weighted by Crippen LogP contribution is -2.29. The maximum atomic E-state index is 14.0. The number of nitrogens with zero attached hydrogens (tertiary/aromatic N) is 7. The summed E-state index contributed by atoms with van der Waals surface area (Å²) >= 11 is 0. The van der Waals surface area contributed by atoms with E-state index in [0.29, 0.717) is 23.1 Å². The average molecular weight is 586 g/mol. The molecule has 0 saturated heterocycles. The molecule has 0 saturated carbocycles. The number of hydrogen-bond donors (Lipinski definition) is 0. The molecule has 42 heavy (non-hydrogen) atoms. The van der Waals surface area contributed by atoms with Crippen LogP contribution >= 0.6 is 0 Å². The first-order valence-corrected chi connectivity index (χ1v) is 12.4. The molecule has 0 spiro atoms. The van der Waals surface area contributed by atoms with E-state index < -0.39 is 40.4 Å². The third kappa shape index (κ3) is 5.78. The Morgan fingerprint density at radius 1 is 0.810 bits per heavy atom. The van der Waals surface area contributed by atoms with Gasteiger partial charge in [-0.2, -0.15) is 26.3 Å². The van der Waals surface area contributed by atoms with Crippen molar-refractivity contribution >= 4 is 16.7 Å². The van der Waals surface area contributed by atoms with Gasteiger partial charge in [0, 0.05) is 36.7 Å². The minimum atomic E-state index is -5.11. The Hall–Kier alpha value is -4.88. The second-order valence-corrected chi connectivity index (χ2v) is 9.13. The van der Waals surface area contributed by atoms with E-state index in [-0.39, 0.29) is 29.9 Å². The smallest absolute Gasteiger partial charge is 0.418 e. The lowest BCUT2D eigenvalue weighted by atomic mass is 10.0. The molecule has 1 unspecified atom stereocenters. The number of benzene rings is 2. The molecule has 5 rings (SSSR count). The van der Waals surface area contributed by atoms with E-state index in [1.165, 1.54) is 31.9 Å². The van der Waals surface area contributed by atoms with Gasteiger partial charge >= 0.3 is 12.4 Å². The predicted molar refractivity (Wildman–Crippen MR) is 140 cm³/mol. The molecule has 0 aliphatic carbocycles. The monoisotopic (exact) mass is 585 g/mol. The second kappa shape index (κ2) is 11.2. The summed E-state index contributed by atoms with van der Waals surface area (Å²) in [6.07, 6.45) is -3.40. The average Bonchev–Trinajstić information content (AvgIpc) is 2.98. The van der Waals surface area contributed by atoms with E-state index >= 15 is 0 Å². The number of alkyl halides is 6. The molecular weight excluding hydrogens is 564 g/mol. The molecule has 2 aromatic carbocycles. The molecule has 3 heterocycles. The summed E-state index contributed by atoms with van der Waals surface area (Å²) in [5, 5.41) is -0.429. The lowest BCUT2D eigenvalue weighted by Gasteiger charge is -2.32. The van der Waals surface area contributed by atoms with Crippen molar-refractivity contribution in [3.8, 4) is 17.3 Å². The van der Waals surface area contributed by atoms with Gasteiger partial charge in [-0.05, 0) is 42.8 Å². The van der Waals surface area contributed by atoms with Gasteiger partial charge in [-0.25, -0.2) is 24.9 Å². The summed E-state index contributed by atoms with van der Waals surface area (Å²) in [5.41, 5.74) is -2.39. The topological polar surface area (TPSA) is 89.8 Å². The first-order valence-electron chi connectivity index (χ1n) is 12.4. The second-order valence-electron chi connectivity index (χ2n) is 9.13. The van der Waals surface area contributed by atoms with Crippen LogP contribution < -0.4 is 9.64 Å². The highest BCUT2D eigenvalue weighted by Gasteiger charge is 2.39. The van der Waals surface area contributed by atoms with Crippen molar-refractivity contribution in [1.82, 2.24) is 29.9 Å². The molecule has 216 valence electrons. The van der Waals surface area contributed by atoms with Crippen molar-refractivity contribution in [1.29, 1.82) is 0 Å². The lowest BCUT2D eigenvalue weighted by molar-refractivity contribution is -0.142. The molecule has 14 heteroatoms. The van der Waals surface area contributed by atoms with Crippen LogP contribution in [0.25, 0.3) is 22.4 Å². The Labute approximate surface area is 235 Å². The van der Waals surface area contributed by atoms with Crippen molar-refractivity contribution in [2.75, 3.05) is 12.0 Å². The molecule has 0 bridgehead atoms. The summed E-state index contributed by atoms with van der Waals surface area (Å²) in [6, 6.07) is 8.33. The van der Waals surface area contributed by atoms with Crippen molar-refractivity contribution in [3.63, 3.8) is 0 Å². The molecule has 0 amide bonds. The van der Waals surface area contributed by atoms with E-state index in [4.69, 9.17) is 4.74 Å². The van der Waals surface area contributed by atoms with Crippen molar-refractivity contribution in [3.05, 3.63) is 96.0 Å². The highest BCUT2D eigenvalue weighted by atomic mass is 19.4. The fourth-order valence-electron chi connectivity index (χ4n) is 4.48. The maximum Gasteiger partial charge on any atom is 0.418 e. The van der Waals surface area contributed by atoms with Crippen LogP contribution in [0, 0.1) is 0 Å². The Kier molecular flexibility index (Phi) is 7.63. The van der Waals surface area contributed by atoms with Gasteiger partial charge in [-0.15, -0.1) is 0 Å². The van der Waals surface area contributed by atoms with Crippen LogP contribution in [0.2, 0.25) is 0 Å². The molecular formula is C28H21F6N7O. The van der Waals surface area contributed by atoms with Crippen LogP contribution in [-0.4, -0.2) is 37.0 Å². The van der Waals surface area contributed by atoms with Gasteiger partial charge in [-0.3, -0.25) is 4.98 Å². The van der Waals surface area contributed by atoms with Crippen molar-refractivity contribution in [2.24, 2.45) is 0 Å². The van der Waals surface area contributed by atoms with Crippen molar-refractivity contribution in [2.45, 2.75) is 31.9 Å². The number of methoxy groups -OCH3 is 1. The van der Waals surface area contributed by atoms with Crippen LogP contribution in [0.15, 0.2) is 73.6 Å². The standard InChI is InChI=1S/C28H21F6N7O/c1-16(22-24(36-11-10-35-22)25-37-8-3-9-38-25)41(14-17-4-6-19(42-2)7-5-17)26-20-12-18(27(29,30)31)13-21(28(32,33)34)23(20)39-15-40-26/h3-13,15-16H,14H2,1-2H3. The Morgan fingerprint density at radius 3 is 2.14 bits per heavy atom. The van der Waals surface area contributed by atoms with Gasteiger partial charge in [0.1, 0.15) is 23.6 Å². The van der Waals surface area contributed by atoms with Gasteiger partial charge in [0.2, 0.25) is 0 Å². The molecule has 0 fully saturated rings. The number of rotatable bonds is 7. The van der Waals surface area contributed by atoms with Gasteiger partial charge in [0.25, 0.3) is 0 Å². The minimum Gasteiger partial charge on any atom is -0.497 e. The van der Waals surface area contributed by atoms with E-state index in [9.17, 15) is 26.3 Å². The molecule has 3 aromatic heterocycles. The van der Waals surface area contributed by atoms with Crippen molar-refractivity contribution < 1.29 is 31.1 Å². The molecule has 0 radical (unpaired) electrons. The van der Waals surface area contributed by atoms with Crippen LogP contribution in [0.3, 0.4) is 0 Å². The number of aromatic nitrogens is 6. The number of fused-ring (bicyclic) bond motifs is 1. The van der Waals surface area contributed by atoms with Crippen LogP contribution in [0.5, 0.6) is 5.75 Å². The van der Waals surface area contributed by atoms with Crippen LogP contribution in [0.4, 0.5) is 32.2 Å². The maximum absolute atomic E-state index is 14.0. The van der Waals surface area contributed by atoms with Crippen LogP contribution in [0.1, 0.15) is 35.3 Å². The first-order chi connectivity index (χ1) is 20.0. The summed E-state index contributed by atoms with van der Waals surface area (Å²) in [4.78, 5) is 26.8. The number of halogens is 6. The normalized spacial score (nSPS) is 12.8. The zero-order valence-corrected chi connectivity index (χ0v) is 22.0. The van der Waals surface area contributed by atoms with E-state index in [1.54, 1.807) is 42.2 Å². The summed E-state index contributed by atoms with van der Waals surface area (Å²) in [7, 11) is 1.49. The zero-order chi connectivity index (χ0) is 30.1. The Bertz CT molecular complexity index is 1700. The molecule has 8 nitrogen and oxygen atoms in total. The van der Waals surface area contributed by atoms with E-state index in [2.05, 4.69) is 29.9 Å². The Balaban J connectivity index is 1.75. The van der Waals surface area contributed by atoms with Gasteiger partial charge < -0.3 is 9.64 Å². The molecule has 0 aliphatic rings. The van der Waals surface area contributed by atoms with Gasteiger partial charge in [-0.1, -0.05) is 12.1 Å². The summed E-state index contributed by atoms with van der Waals surface area (Å²) in [6.45, 7) is 1.70. The highest BCUT2D eigenvalue weighted by Crippen LogP contribution is 2.42. The summed E-state index contributed by atoms with van der Waals surface area (Å²) in [5.74, 6) is 0.640. The zero-order valence-electron chi connectivity index (χ0n) is 22.0. The highest BCUT2D eigenvalue weighted by molar-refractivity contribution is 5.92.